The van der Waals surface area contributed by atoms with E-state index >= 15 is 0 Å². The molecule has 0 bridgehead atoms. The van der Waals surface area contributed by atoms with Crippen LogP contribution in [0.3, 0.4) is 0 Å². The maximum Gasteiger partial charge on any atom is 0.352 e. The lowest BCUT2D eigenvalue weighted by molar-refractivity contribution is 0.0684. The molecule has 1 aliphatic carbocycles. The van der Waals surface area contributed by atoms with Gasteiger partial charge in [-0.25, -0.2) is 4.79 Å². The van der Waals surface area contributed by atoms with E-state index in [1.54, 1.807) is 6.07 Å². The lowest BCUT2D eigenvalue weighted by Crippen LogP contribution is -2.36. The van der Waals surface area contributed by atoms with Crippen LogP contribution in [0.5, 0.6) is 0 Å². The van der Waals surface area contributed by atoms with Gasteiger partial charge >= 0.3 is 5.97 Å². The number of nitrogens with zero attached hydrogens (tertiary/aromatic N) is 2. The summed E-state index contributed by atoms with van der Waals surface area (Å²) in [6.07, 6.45) is 1.91. The van der Waals surface area contributed by atoms with Crippen molar-refractivity contribution in [1.29, 1.82) is 0 Å². The van der Waals surface area contributed by atoms with Gasteiger partial charge in [-0.3, -0.25) is 4.79 Å². The van der Waals surface area contributed by atoms with E-state index in [0.717, 1.165) is 37.1 Å². The predicted octanol–water partition coefficient (Wildman–Crippen LogP) is 1.87. The van der Waals surface area contributed by atoms with Crippen LogP contribution in [0, 0.1) is 0 Å². The summed E-state index contributed by atoms with van der Waals surface area (Å²) in [7, 11) is 0. The molecule has 1 aromatic carbocycles. The first-order chi connectivity index (χ1) is 11.2. The zero-order valence-corrected chi connectivity index (χ0v) is 12.7. The van der Waals surface area contributed by atoms with E-state index in [2.05, 4.69) is 4.90 Å². The Morgan fingerprint density at radius 3 is 2.61 bits per heavy atom. The molecule has 1 aromatic heterocycles. The molecular formula is C17H18N2O4. The van der Waals surface area contributed by atoms with Gasteiger partial charge in [0.1, 0.15) is 5.69 Å². The number of fused-ring (bicyclic) bond motifs is 1. The van der Waals surface area contributed by atoms with Gasteiger partial charge in [0, 0.05) is 30.6 Å². The Morgan fingerprint density at radius 1 is 1.22 bits per heavy atom. The first kappa shape index (κ1) is 14.3. The van der Waals surface area contributed by atoms with Gasteiger partial charge in [0.05, 0.1) is 24.4 Å². The van der Waals surface area contributed by atoms with Crippen LogP contribution in [0.2, 0.25) is 0 Å². The third-order valence-corrected chi connectivity index (χ3v) is 4.53. The monoisotopic (exact) mass is 314 g/mol. The number of pyridine rings is 1. The SMILES string of the molecule is O=C(O)c1cc(=O)c2cccc(N3CCOCC3)c2n1C1CC1. The highest BCUT2D eigenvalue weighted by Gasteiger charge is 2.30. The molecule has 6 nitrogen and oxygen atoms in total. The van der Waals surface area contributed by atoms with Gasteiger partial charge in [0.25, 0.3) is 0 Å². The number of hydrogen-bond acceptors (Lipinski definition) is 4. The van der Waals surface area contributed by atoms with Crippen molar-refractivity contribution in [2.45, 2.75) is 18.9 Å². The molecule has 1 N–H and O–H groups in total. The Balaban J connectivity index is 2.03. The van der Waals surface area contributed by atoms with Crippen molar-refractivity contribution in [1.82, 2.24) is 4.57 Å². The number of rotatable bonds is 3. The fourth-order valence-corrected chi connectivity index (χ4v) is 3.31. The summed E-state index contributed by atoms with van der Waals surface area (Å²) in [6.45, 7) is 2.77. The molecule has 0 amide bonds. The Hall–Kier alpha value is -2.34. The topological polar surface area (TPSA) is 71.8 Å². The van der Waals surface area contributed by atoms with E-state index in [1.165, 1.54) is 6.07 Å². The van der Waals surface area contributed by atoms with Crippen molar-refractivity contribution in [3.63, 3.8) is 0 Å². The molecule has 6 heteroatoms. The van der Waals surface area contributed by atoms with Crippen molar-refractivity contribution in [3.8, 4) is 0 Å². The summed E-state index contributed by atoms with van der Waals surface area (Å²) in [5, 5.41) is 10.1. The molecule has 0 spiro atoms. The number of ether oxygens (including phenoxy) is 1. The number of para-hydroxylation sites is 1. The van der Waals surface area contributed by atoms with E-state index in [1.807, 2.05) is 16.7 Å². The number of anilines is 1. The Morgan fingerprint density at radius 2 is 1.96 bits per heavy atom. The Labute approximate surface area is 132 Å². The summed E-state index contributed by atoms with van der Waals surface area (Å²) in [6, 6.07) is 7.05. The standard InChI is InChI=1S/C17H18N2O4/c20-15-10-14(17(21)22)19(11-4-5-11)16-12(15)2-1-3-13(16)18-6-8-23-9-7-18/h1-3,10-11H,4-9H2,(H,21,22). The molecule has 4 rings (SSSR count). The van der Waals surface area contributed by atoms with Crippen molar-refractivity contribution in [2.24, 2.45) is 0 Å². The number of benzene rings is 1. The minimum absolute atomic E-state index is 0.0886. The zero-order chi connectivity index (χ0) is 16.0. The molecular weight excluding hydrogens is 296 g/mol. The first-order valence-electron chi connectivity index (χ1n) is 7.91. The third-order valence-electron chi connectivity index (χ3n) is 4.53. The number of carbonyl (C=O) groups is 1. The number of carboxylic acid groups (broad SMARTS) is 1. The quantitative estimate of drug-likeness (QED) is 0.936. The van der Waals surface area contributed by atoms with Crippen LogP contribution in [0.4, 0.5) is 5.69 Å². The maximum atomic E-state index is 12.4. The second-order valence-electron chi connectivity index (χ2n) is 6.07. The Kier molecular flexibility index (Phi) is 3.34. The molecule has 23 heavy (non-hydrogen) atoms. The molecule has 0 radical (unpaired) electrons. The van der Waals surface area contributed by atoms with Gasteiger partial charge in [-0.2, -0.15) is 0 Å². The highest BCUT2D eigenvalue weighted by atomic mass is 16.5. The normalized spacial score (nSPS) is 18.3. The highest BCUT2D eigenvalue weighted by Crippen LogP contribution is 2.40. The largest absolute Gasteiger partial charge is 0.477 e. The van der Waals surface area contributed by atoms with Crippen LogP contribution in [-0.4, -0.2) is 41.9 Å². The summed E-state index contributed by atoms with van der Waals surface area (Å²) in [4.78, 5) is 26.2. The van der Waals surface area contributed by atoms with E-state index in [0.29, 0.717) is 18.6 Å². The molecule has 2 aliphatic rings. The zero-order valence-electron chi connectivity index (χ0n) is 12.7. The summed E-state index contributed by atoms with van der Waals surface area (Å²) in [5.41, 5.74) is 1.54. The predicted molar refractivity (Wildman–Crippen MR) is 86.5 cm³/mol. The molecule has 120 valence electrons. The summed E-state index contributed by atoms with van der Waals surface area (Å²) in [5.74, 6) is -1.05. The van der Waals surface area contributed by atoms with E-state index in [-0.39, 0.29) is 17.2 Å². The summed E-state index contributed by atoms with van der Waals surface area (Å²) < 4.78 is 7.26. The third kappa shape index (κ3) is 2.39. The van der Waals surface area contributed by atoms with Gasteiger partial charge in [0.15, 0.2) is 5.43 Å². The number of morpholine rings is 1. The van der Waals surface area contributed by atoms with Crippen LogP contribution in [0.15, 0.2) is 29.1 Å². The minimum atomic E-state index is -1.05. The number of hydrogen-bond donors (Lipinski definition) is 1. The average Bonchev–Trinajstić information content (AvgIpc) is 3.40. The molecule has 2 heterocycles. The molecule has 0 atom stereocenters. The fraction of sp³-hybridized carbons (Fsp3) is 0.412. The molecule has 0 unspecified atom stereocenters. The fourth-order valence-electron chi connectivity index (χ4n) is 3.31. The lowest BCUT2D eigenvalue weighted by atomic mass is 10.1. The van der Waals surface area contributed by atoms with Gasteiger partial charge in [0.2, 0.25) is 0 Å². The smallest absolute Gasteiger partial charge is 0.352 e. The van der Waals surface area contributed by atoms with Crippen LogP contribution in [-0.2, 0) is 4.74 Å². The number of carboxylic acids is 1. The second kappa shape index (κ2) is 5.38. The van der Waals surface area contributed by atoms with Crippen LogP contribution in [0.25, 0.3) is 10.9 Å². The first-order valence-corrected chi connectivity index (χ1v) is 7.91. The van der Waals surface area contributed by atoms with Gasteiger partial charge in [-0.1, -0.05) is 6.07 Å². The van der Waals surface area contributed by atoms with Crippen molar-refractivity contribution < 1.29 is 14.6 Å². The number of aromatic nitrogens is 1. The molecule has 2 fully saturated rings. The van der Waals surface area contributed by atoms with Crippen LogP contribution >= 0.6 is 0 Å². The minimum Gasteiger partial charge on any atom is -0.477 e. The van der Waals surface area contributed by atoms with Crippen molar-refractivity contribution in [3.05, 3.63) is 40.2 Å². The lowest BCUT2D eigenvalue weighted by Gasteiger charge is -2.31. The van der Waals surface area contributed by atoms with Gasteiger partial charge in [-0.05, 0) is 25.0 Å². The molecule has 1 aliphatic heterocycles. The average molecular weight is 314 g/mol. The molecule has 2 aromatic rings. The van der Waals surface area contributed by atoms with E-state index in [9.17, 15) is 14.7 Å². The number of aromatic carboxylic acids is 1. The van der Waals surface area contributed by atoms with E-state index in [4.69, 9.17) is 4.74 Å². The van der Waals surface area contributed by atoms with Crippen LogP contribution in [0.1, 0.15) is 29.4 Å². The molecule has 1 saturated heterocycles. The Bertz CT molecular complexity index is 832. The molecule has 1 saturated carbocycles. The second-order valence-corrected chi connectivity index (χ2v) is 6.07. The van der Waals surface area contributed by atoms with E-state index < -0.39 is 5.97 Å². The van der Waals surface area contributed by atoms with Crippen molar-refractivity contribution in [2.75, 3.05) is 31.2 Å². The summed E-state index contributed by atoms with van der Waals surface area (Å²) >= 11 is 0. The van der Waals surface area contributed by atoms with Crippen LogP contribution < -0.4 is 10.3 Å². The van der Waals surface area contributed by atoms with Gasteiger partial charge < -0.3 is 19.3 Å². The van der Waals surface area contributed by atoms with Gasteiger partial charge in [-0.15, -0.1) is 0 Å². The highest BCUT2D eigenvalue weighted by molar-refractivity contribution is 5.96. The van der Waals surface area contributed by atoms with Crippen molar-refractivity contribution >= 4 is 22.6 Å². The maximum absolute atomic E-state index is 12.4.